The van der Waals surface area contributed by atoms with Gasteiger partial charge in [0.25, 0.3) is 0 Å². The van der Waals surface area contributed by atoms with Gasteiger partial charge in [-0.05, 0) is 13.0 Å². The molecule has 0 aromatic heterocycles. The molecule has 3 nitrogen and oxygen atoms in total. The maximum Gasteiger partial charge on any atom is 0.125 e. The summed E-state index contributed by atoms with van der Waals surface area (Å²) in [5.74, 6) is 0.943. The second-order valence-corrected chi connectivity index (χ2v) is 3.23. The molecule has 75 valence electrons. The van der Waals surface area contributed by atoms with Crippen LogP contribution in [0.4, 0.5) is 0 Å². The van der Waals surface area contributed by atoms with Crippen LogP contribution in [0.25, 0.3) is 0 Å². The van der Waals surface area contributed by atoms with Crippen LogP contribution in [-0.2, 0) is 0 Å². The minimum absolute atomic E-state index is 0.123. The number of ether oxygens (including phenoxy) is 1. The highest BCUT2D eigenvalue weighted by atomic mass is 16.5. The SMILES string of the molecule is CCOc1ccccc1C1[N]CCN1. The molecule has 1 fully saturated rings. The molecule has 3 heteroatoms. The topological polar surface area (TPSA) is 35.4 Å². The number of nitrogens with zero attached hydrogens (tertiary/aromatic N) is 1. The molecule has 1 saturated heterocycles. The van der Waals surface area contributed by atoms with E-state index in [0.29, 0.717) is 6.61 Å². The summed E-state index contributed by atoms with van der Waals surface area (Å²) < 4.78 is 5.55. The Balaban J connectivity index is 2.21. The van der Waals surface area contributed by atoms with Crippen LogP contribution < -0.4 is 15.4 Å². The Morgan fingerprint density at radius 1 is 1.50 bits per heavy atom. The van der Waals surface area contributed by atoms with Crippen molar-refractivity contribution in [3.63, 3.8) is 0 Å². The summed E-state index contributed by atoms with van der Waals surface area (Å²) in [6, 6.07) is 8.07. The Labute approximate surface area is 84.5 Å². The van der Waals surface area contributed by atoms with Crippen LogP contribution in [0.5, 0.6) is 5.75 Å². The highest BCUT2D eigenvalue weighted by molar-refractivity contribution is 5.35. The summed E-state index contributed by atoms with van der Waals surface area (Å²) in [6.07, 6.45) is 0.123. The van der Waals surface area contributed by atoms with Gasteiger partial charge in [-0.15, -0.1) is 0 Å². The summed E-state index contributed by atoms with van der Waals surface area (Å²) in [4.78, 5) is 0. The summed E-state index contributed by atoms with van der Waals surface area (Å²) >= 11 is 0. The fourth-order valence-electron chi connectivity index (χ4n) is 1.66. The second-order valence-electron chi connectivity index (χ2n) is 3.23. The van der Waals surface area contributed by atoms with Crippen LogP contribution >= 0.6 is 0 Å². The smallest absolute Gasteiger partial charge is 0.125 e. The largest absolute Gasteiger partial charge is 0.493 e. The lowest BCUT2D eigenvalue weighted by Gasteiger charge is -2.14. The summed E-state index contributed by atoms with van der Waals surface area (Å²) in [7, 11) is 0. The van der Waals surface area contributed by atoms with Gasteiger partial charge in [0.15, 0.2) is 0 Å². The molecule has 0 aliphatic carbocycles. The van der Waals surface area contributed by atoms with Gasteiger partial charge in [-0.3, -0.25) is 5.32 Å². The molecule has 0 amide bonds. The molecule has 1 aromatic rings. The average molecular weight is 191 g/mol. The Morgan fingerprint density at radius 2 is 2.36 bits per heavy atom. The molecule has 1 radical (unpaired) electrons. The fourth-order valence-corrected chi connectivity index (χ4v) is 1.66. The number of hydrogen-bond donors (Lipinski definition) is 1. The maximum absolute atomic E-state index is 5.55. The van der Waals surface area contributed by atoms with E-state index in [2.05, 4.69) is 16.7 Å². The van der Waals surface area contributed by atoms with Crippen molar-refractivity contribution < 1.29 is 4.74 Å². The van der Waals surface area contributed by atoms with Gasteiger partial charge in [0.05, 0.1) is 6.61 Å². The van der Waals surface area contributed by atoms with E-state index >= 15 is 0 Å². The Bertz CT molecular complexity index is 295. The zero-order valence-electron chi connectivity index (χ0n) is 8.36. The maximum atomic E-state index is 5.55. The van der Waals surface area contributed by atoms with E-state index in [0.717, 1.165) is 24.4 Å². The van der Waals surface area contributed by atoms with Crippen LogP contribution in [-0.4, -0.2) is 19.7 Å². The van der Waals surface area contributed by atoms with Gasteiger partial charge < -0.3 is 4.74 Å². The first-order valence-corrected chi connectivity index (χ1v) is 5.03. The first-order chi connectivity index (χ1) is 6.92. The molecule has 1 aliphatic rings. The Kier molecular flexibility index (Phi) is 3.01. The Hall–Kier alpha value is -1.06. The standard InChI is InChI=1S/C11H15N2O/c1-2-14-10-6-4-3-5-9(10)11-12-7-8-13-11/h3-6,11-12H,2,7-8H2,1H3. The molecule has 2 rings (SSSR count). The molecule has 0 bridgehead atoms. The number of benzene rings is 1. The van der Waals surface area contributed by atoms with Crippen molar-refractivity contribution in [3.05, 3.63) is 29.8 Å². The molecule has 14 heavy (non-hydrogen) atoms. The van der Waals surface area contributed by atoms with Crippen LogP contribution in [0, 0.1) is 0 Å². The first kappa shape index (κ1) is 9.49. The summed E-state index contributed by atoms with van der Waals surface area (Å²) in [5.41, 5.74) is 1.15. The summed E-state index contributed by atoms with van der Waals surface area (Å²) in [5, 5.41) is 7.78. The third kappa shape index (κ3) is 1.89. The van der Waals surface area contributed by atoms with Gasteiger partial charge in [0, 0.05) is 18.7 Å². The third-order valence-corrected chi connectivity index (χ3v) is 2.27. The van der Waals surface area contributed by atoms with E-state index in [9.17, 15) is 0 Å². The van der Waals surface area contributed by atoms with Crippen molar-refractivity contribution in [2.75, 3.05) is 19.7 Å². The van der Waals surface area contributed by atoms with E-state index in [1.165, 1.54) is 0 Å². The van der Waals surface area contributed by atoms with Gasteiger partial charge in [-0.2, -0.15) is 0 Å². The molecule has 1 N–H and O–H groups in total. The fraction of sp³-hybridized carbons (Fsp3) is 0.455. The number of hydrogen-bond acceptors (Lipinski definition) is 2. The van der Waals surface area contributed by atoms with Gasteiger partial charge in [0.1, 0.15) is 11.9 Å². The zero-order chi connectivity index (χ0) is 9.80. The van der Waals surface area contributed by atoms with E-state index < -0.39 is 0 Å². The van der Waals surface area contributed by atoms with Crippen LogP contribution in [0.1, 0.15) is 18.7 Å². The molecule has 0 spiro atoms. The van der Waals surface area contributed by atoms with Gasteiger partial charge >= 0.3 is 0 Å². The lowest BCUT2D eigenvalue weighted by atomic mass is 10.1. The lowest BCUT2D eigenvalue weighted by molar-refractivity contribution is 0.331. The van der Waals surface area contributed by atoms with Gasteiger partial charge in [-0.25, -0.2) is 5.32 Å². The molecule has 1 heterocycles. The van der Waals surface area contributed by atoms with Crippen LogP contribution in [0.2, 0.25) is 0 Å². The number of nitrogens with one attached hydrogen (secondary N) is 1. The van der Waals surface area contributed by atoms with Crippen molar-refractivity contribution in [1.82, 2.24) is 10.6 Å². The highest BCUT2D eigenvalue weighted by Gasteiger charge is 2.19. The minimum atomic E-state index is 0.123. The number of para-hydroxylation sites is 1. The molecule has 1 aromatic carbocycles. The second kappa shape index (κ2) is 4.44. The van der Waals surface area contributed by atoms with E-state index in [1.807, 2.05) is 25.1 Å². The van der Waals surface area contributed by atoms with E-state index in [1.54, 1.807) is 0 Å². The molecule has 1 atom stereocenters. The molecular weight excluding hydrogens is 176 g/mol. The van der Waals surface area contributed by atoms with Crippen molar-refractivity contribution in [2.45, 2.75) is 13.1 Å². The van der Waals surface area contributed by atoms with E-state index in [4.69, 9.17) is 4.74 Å². The highest BCUT2D eigenvalue weighted by Crippen LogP contribution is 2.25. The normalized spacial score (nSPS) is 17.2. The van der Waals surface area contributed by atoms with Crippen molar-refractivity contribution in [3.8, 4) is 5.75 Å². The van der Waals surface area contributed by atoms with E-state index in [-0.39, 0.29) is 6.17 Å². The zero-order valence-corrected chi connectivity index (χ0v) is 8.36. The lowest BCUT2D eigenvalue weighted by Crippen LogP contribution is -2.18. The van der Waals surface area contributed by atoms with Crippen molar-refractivity contribution in [2.24, 2.45) is 0 Å². The van der Waals surface area contributed by atoms with Crippen molar-refractivity contribution in [1.29, 1.82) is 0 Å². The van der Waals surface area contributed by atoms with Crippen LogP contribution in [0.3, 0.4) is 0 Å². The predicted molar refractivity (Wildman–Crippen MR) is 55.4 cm³/mol. The number of rotatable bonds is 3. The van der Waals surface area contributed by atoms with Gasteiger partial charge in [-0.1, -0.05) is 18.2 Å². The molecular formula is C11H15N2O. The molecule has 0 saturated carbocycles. The quantitative estimate of drug-likeness (QED) is 0.781. The Morgan fingerprint density at radius 3 is 3.07 bits per heavy atom. The first-order valence-electron chi connectivity index (χ1n) is 5.03. The van der Waals surface area contributed by atoms with Gasteiger partial charge in [0.2, 0.25) is 0 Å². The summed E-state index contributed by atoms with van der Waals surface area (Å²) in [6.45, 7) is 4.55. The monoisotopic (exact) mass is 191 g/mol. The minimum Gasteiger partial charge on any atom is -0.493 e. The predicted octanol–water partition coefficient (Wildman–Crippen LogP) is 1.29. The third-order valence-electron chi connectivity index (χ3n) is 2.27. The average Bonchev–Trinajstić information content (AvgIpc) is 2.72. The van der Waals surface area contributed by atoms with Crippen LogP contribution in [0.15, 0.2) is 24.3 Å². The van der Waals surface area contributed by atoms with Crippen molar-refractivity contribution >= 4 is 0 Å². The molecule has 1 unspecified atom stereocenters. The molecule has 1 aliphatic heterocycles.